The van der Waals surface area contributed by atoms with E-state index in [-0.39, 0.29) is 49.2 Å². The Balaban J connectivity index is 1.54. The molecule has 3 aliphatic heterocycles. The predicted octanol–water partition coefficient (Wildman–Crippen LogP) is 2.51. The molecule has 4 atom stereocenters. The summed E-state index contributed by atoms with van der Waals surface area (Å²) in [6, 6.07) is 2.60. The molecule has 0 spiro atoms. The lowest BCUT2D eigenvalue weighted by Gasteiger charge is -2.33. The van der Waals surface area contributed by atoms with Crippen molar-refractivity contribution in [3.8, 4) is 5.88 Å². The summed E-state index contributed by atoms with van der Waals surface area (Å²) < 4.78 is 46.1. The number of hydrogen-bond acceptors (Lipinski definition) is 6. The van der Waals surface area contributed by atoms with Gasteiger partial charge in [-0.2, -0.15) is 0 Å². The molecular formula is C21H30FN3O5S. The van der Waals surface area contributed by atoms with Gasteiger partial charge >= 0.3 is 6.09 Å². The van der Waals surface area contributed by atoms with Crippen molar-refractivity contribution in [3.63, 3.8) is 0 Å². The third kappa shape index (κ3) is 5.18. The highest BCUT2D eigenvalue weighted by molar-refractivity contribution is 7.82. The van der Waals surface area contributed by atoms with E-state index in [1.165, 1.54) is 6.07 Å². The van der Waals surface area contributed by atoms with Gasteiger partial charge in [-0.1, -0.05) is 0 Å². The molecule has 4 unspecified atom stereocenters. The first-order chi connectivity index (χ1) is 14.9. The summed E-state index contributed by atoms with van der Waals surface area (Å²) in [5.74, 6) is -0.336. The summed E-state index contributed by atoms with van der Waals surface area (Å²) in [6.07, 6.45) is 5.38. The lowest BCUT2D eigenvalue weighted by Crippen LogP contribution is -2.50. The summed E-state index contributed by atoms with van der Waals surface area (Å²) in [6.45, 7) is 2.29. The Morgan fingerprint density at radius 1 is 1.19 bits per heavy atom. The highest BCUT2D eigenvalue weighted by Gasteiger charge is 2.43. The first-order valence-electron chi connectivity index (χ1n) is 10.9. The summed E-state index contributed by atoms with van der Waals surface area (Å²) in [5, 5.41) is 0. The van der Waals surface area contributed by atoms with Crippen molar-refractivity contribution in [1.82, 2.24) is 14.6 Å². The maximum Gasteiger partial charge on any atom is 0.410 e. The largest absolute Gasteiger partial charge is 0.472 e. The number of hydrogen-bond donors (Lipinski definition) is 1. The van der Waals surface area contributed by atoms with Crippen molar-refractivity contribution in [2.45, 2.75) is 69.2 Å². The molecule has 31 heavy (non-hydrogen) atoms. The number of pyridine rings is 1. The van der Waals surface area contributed by atoms with Gasteiger partial charge < -0.3 is 14.2 Å². The Morgan fingerprint density at radius 2 is 1.94 bits per heavy atom. The predicted molar refractivity (Wildman–Crippen MR) is 113 cm³/mol. The van der Waals surface area contributed by atoms with Crippen molar-refractivity contribution >= 4 is 17.1 Å². The molecule has 2 fully saturated rings. The minimum absolute atomic E-state index is 0.00982. The highest BCUT2D eigenvalue weighted by atomic mass is 32.2. The number of nitrogens with zero attached hydrogens (tertiary/aromatic N) is 2. The number of ether oxygens (including phenoxy) is 3. The zero-order chi connectivity index (χ0) is 22.0. The van der Waals surface area contributed by atoms with Crippen molar-refractivity contribution in [1.29, 1.82) is 0 Å². The van der Waals surface area contributed by atoms with Crippen LogP contribution in [0.25, 0.3) is 0 Å². The van der Waals surface area contributed by atoms with Gasteiger partial charge in [0.1, 0.15) is 13.2 Å². The van der Waals surface area contributed by atoms with Gasteiger partial charge in [-0.05, 0) is 51.2 Å². The number of carbonyl (C=O) groups excluding carboxylic acids is 1. The van der Waals surface area contributed by atoms with E-state index < -0.39 is 22.9 Å². The average Bonchev–Trinajstić information content (AvgIpc) is 3.04. The molecule has 1 aromatic rings. The third-order valence-corrected chi connectivity index (χ3v) is 7.03. The highest BCUT2D eigenvalue weighted by Crippen LogP contribution is 2.35. The fraction of sp³-hybridized carbons (Fsp3) is 0.714. The molecule has 5 rings (SSSR count). The van der Waals surface area contributed by atoms with Gasteiger partial charge in [-0.3, -0.25) is 4.90 Å². The van der Waals surface area contributed by atoms with E-state index in [0.717, 1.165) is 31.4 Å². The maximum absolute atomic E-state index is 14.1. The Hall–Kier alpha value is -1.78. The van der Waals surface area contributed by atoms with Crippen LogP contribution in [0.2, 0.25) is 0 Å². The molecule has 0 aromatic carbocycles. The van der Waals surface area contributed by atoms with Crippen LogP contribution < -0.4 is 9.46 Å². The molecule has 172 valence electrons. The molecule has 1 saturated heterocycles. The van der Waals surface area contributed by atoms with Crippen molar-refractivity contribution in [2.24, 2.45) is 0 Å². The number of amides is 1. The molecule has 1 saturated carbocycles. The summed E-state index contributed by atoms with van der Waals surface area (Å²) in [4.78, 5) is 18.9. The number of rotatable bonds is 2. The molecule has 0 radical (unpaired) electrons. The lowest BCUT2D eigenvalue weighted by atomic mass is 9.85. The van der Waals surface area contributed by atoms with Crippen LogP contribution in [0.1, 0.15) is 50.6 Å². The van der Waals surface area contributed by atoms with Crippen LogP contribution in [0.4, 0.5) is 9.18 Å². The minimum Gasteiger partial charge on any atom is -0.472 e. The SMILES string of the molecule is CC1CC(NS(C)=O)C2COC3CCC(CC3)c3ccc(F)c(n3)OCCOC(=O)N12. The first-order valence-corrected chi connectivity index (χ1v) is 12.4. The Kier molecular flexibility index (Phi) is 7.08. The molecule has 8 nitrogen and oxygen atoms in total. The number of fused-ring (bicyclic) bond motifs is 7. The van der Waals surface area contributed by atoms with E-state index in [1.807, 2.05) is 6.92 Å². The van der Waals surface area contributed by atoms with Gasteiger partial charge in [0.25, 0.3) is 5.88 Å². The number of carbonyl (C=O) groups is 1. The minimum atomic E-state index is -1.20. The molecule has 10 heteroatoms. The topological polar surface area (TPSA) is 90.0 Å². The molecule has 1 N–H and O–H groups in total. The van der Waals surface area contributed by atoms with Crippen molar-refractivity contribution in [3.05, 3.63) is 23.6 Å². The average molecular weight is 456 g/mol. The Labute approximate surface area is 184 Å². The third-order valence-electron chi connectivity index (χ3n) is 6.40. The second-order valence-corrected chi connectivity index (χ2v) is 9.67. The van der Waals surface area contributed by atoms with Crippen molar-refractivity contribution < 1.29 is 27.6 Å². The number of halogens is 1. The molecule has 4 heterocycles. The zero-order valence-corrected chi connectivity index (χ0v) is 18.7. The normalized spacial score (nSPS) is 32.8. The monoisotopic (exact) mass is 455 g/mol. The summed E-state index contributed by atoms with van der Waals surface area (Å²) in [5.41, 5.74) is 0.824. The fourth-order valence-corrected chi connectivity index (χ4v) is 5.56. The molecule has 4 bridgehead atoms. The number of aromatic nitrogens is 1. The smallest absolute Gasteiger partial charge is 0.410 e. The summed E-state index contributed by atoms with van der Waals surface area (Å²) in [7, 11) is -1.20. The van der Waals surface area contributed by atoms with Gasteiger partial charge in [0.2, 0.25) is 0 Å². The van der Waals surface area contributed by atoms with E-state index >= 15 is 0 Å². The van der Waals surface area contributed by atoms with Crippen LogP contribution in [0.5, 0.6) is 5.88 Å². The lowest BCUT2D eigenvalue weighted by molar-refractivity contribution is -0.0118. The number of nitrogens with one attached hydrogen (secondary N) is 1. The molecule has 1 amide bonds. The quantitative estimate of drug-likeness (QED) is 0.737. The molecule has 1 aromatic heterocycles. The van der Waals surface area contributed by atoms with Crippen molar-refractivity contribution in [2.75, 3.05) is 26.1 Å². The molecule has 4 aliphatic rings. The van der Waals surface area contributed by atoms with Gasteiger partial charge in [-0.15, -0.1) is 0 Å². The van der Waals surface area contributed by atoms with E-state index in [9.17, 15) is 13.4 Å². The van der Waals surface area contributed by atoms with Crippen LogP contribution in [0, 0.1) is 5.82 Å². The van der Waals surface area contributed by atoms with E-state index in [1.54, 1.807) is 17.2 Å². The second kappa shape index (κ2) is 9.79. The van der Waals surface area contributed by atoms with E-state index in [2.05, 4.69) is 9.71 Å². The second-order valence-electron chi connectivity index (χ2n) is 8.53. The van der Waals surface area contributed by atoms with Gasteiger partial charge in [-0.25, -0.2) is 23.1 Å². The van der Waals surface area contributed by atoms with Crippen LogP contribution in [0.15, 0.2) is 12.1 Å². The molecular weight excluding hydrogens is 425 g/mol. The maximum atomic E-state index is 14.1. The van der Waals surface area contributed by atoms with Crippen LogP contribution in [-0.2, 0) is 20.5 Å². The van der Waals surface area contributed by atoms with Gasteiger partial charge in [0.05, 0.1) is 29.7 Å². The van der Waals surface area contributed by atoms with Crippen LogP contribution >= 0.6 is 0 Å². The van der Waals surface area contributed by atoms with Crippen LogP contribution in [-0.4, -0.2) is 70.5 Å². The Bertz CT molecular complexity index is 820. The standard InChI is InChI=1S/C21H30FN3O5S/c1-13-11-18(24-31(2)27)19-12-30-15-5-3-14(4-6-15)17-8-7-16(22)20(23-17)28-9-10-29-21(26)25(13)19/h7-8,13-15,18-19,24H,3-6,9-12H2,1-2H3. The van der Waals surface area contributed by atoms with Gasteiger partial charge in [0, 0.05) is 30.0 Å². The fourth-order valence-electron chi connectivity index (χ4n) is 4.88. The molecule has 1 aliphatic carbocycles. The zero-order valence-electron chi connectivity index (χ0n) is 17.9. The summed E-state index contributed by atoms with van der Waals surface area (Å²) >= 11 is 0. The van der Waals surface area contributed by atoms with E-state index in [0.29, 0.717) is 13.0 Å². The Morgan fingerprint density at radius 3 is 2.68 bits per heavy atom. The first kappa shape index (κ1) is 22.4. The van der Waals surface area contributed by atoms with Gasteiger partial charge in [0.15, 0.2) is 5.82 Å². The van der Waals surface area contributed by atoms with E-state index in [4.69, 9.17) is 14.2 Å². The van der Waals surface area contributed by atoms with Crippen LogP contribution in [0.3, 0.4) is 0 Å².